The summed E-state index contributed by atoms with van der Waals surface area (Å²) in [5.74, 6) is 0. The topological polar surface area (TPSA) is 37.5 Å². The molecule has 2 aromatic rings. The second kappa shape index (κ2) is 3.59. The molecule has 0 radical (unpaired) electrons. The van der Waals surface area contributed by atoms with E-state index in [0.29, 0.717) is 10.7 Å². The monoisotopic (exact) mass is 222 g/mol. The Morgan fingerprint density at radius 3 is 2.87 bits per heavy atom. The van der Waals surface area contributed by atoms with Gasteiger partial charge in [-0.1, -0.05) is 22.8 Å². The van der Waals surface area contributed by atoms with E-state index in [4.69, 9.17) is 16.8 Å². The second-order valence-electron chi connectivity index (χ2n) is 3.50. The van der Waals surface area contributed by atoms with Crippen LogP contribution in [0, 0.1) is 0 Å². The average molecular weight is 223 g/mol. The lowest BCUT2D eigenvalue weighted by Crippen LogP contribution is -1.92. The predicted molar refractivity (Wildman–Crippen MR) is 61.9 cm³/mol. The lowest BCUT2D eigenvalue weighted by molar-refractivity contribution is 0.319. The standard InChI is InChI=1S/C11H11ClN2O/c1-7(13-15)10-6-14(2)11-5-8(12)3-4-9(10)11/h3-6,15H,1-2H3. The van der Waals surface area contributed by atoms with Crippen molar-refractivity contribution in [1.82, 2.24) is 4.57 Å². The van der Waals surface area contributed by atoms with Crippen LogP contribution in [0.1, 0.15) is 12.5 Å². The highest BCUT2D eigenvalue weighted by molar-refractivity contribution is 6.31. The van der Waals surface area contributed by atoms with Crippen LogP contribution in [-0.2, 0) is 7.05 Å². The number of halogens is 1. The van der Waals surface area contributed by atoms with Crippen LogP contribution in [-0.4, -0.2) is 15.5 Å². The van der Waals surface area contributed by atoms with Crippen molar-refractivity contribution in [3.63, 3.8) is 0 Å². The minimum atomic E-state index is 0.600. The summed E-state index contributed by atoms with van der Waals surface area (Å²) in [5.41, 5.74) is 2.55. The minimum Gasteiger partial charge on any atom is -0.411 e. The molecule has 2 rings (SSSR count). The van der Waals surface area contributed by atoms with Crippen LogP contribution in [0.5, 0.6) is 0 Å². The highest BCUT2D eigenvalue weighted by atomic mass is 35.5. The van der Waals surface area contributed by atoms with Crippen molar-refractivity contribution in [1.29, 1.82) is 0 Å². The van der Waals surface area contributed by atoms with Gasteiger partial charge in [0.15, 0.2) is 0 Å². The molecule has 0 fully saturated rings. The van der Waals surface area contributed by atoms with Crippen molar-refractivity contribution < 1.29 is 5.21 Å². The maximum absolute atomic E-state index is 8.76. The van der Waals surface area contributed by atoms with Crippen LogP contribution in [0.25, 0.3) is 10.9 Å². The molecule has 0 bridgehead atoms. The molecule has 0 atom stereocenters. The summed E-state index contributed by atoms with van der Waals surface area (Å²) in [6, 6.07) is 5.66. The quantitative estimate of drug-likeness (QED) is 0.450. The highest BCUT2D eigenvalue weighted by Crippen LogP contribution is 2.24. The van der Waals surface area contributed by atoms with Gasteiger partial charge in [0.05, 0.1) is 5.71 Å². The predicted octanol–water partition coefficient (Wildman–Crippen LogP) is 3.03. The number of aromatic nitrogens is 1. The molecule has 3 nitrogen and oxygen atoms in total. The van der Waals surface area contributed by atoms with Crippen molar-refractivity contribution in [3.05, 3.63) is 35.0 Å². The fourth-order valence-electron chi connectivity index (χ4n) is 1.70. The minimum absolute atomic E-state index is 0.600. The van der Waals surface area contributed by atoms with Gasteiger partial charge < -0.3 is 9.77 Å². The van der Waals surface area contributed by atoms with E-state index in [9.17, 15) is 0 Å². The van der Waals surface area contributed by atoms with Gasteiger partial charge in [0, 0.05) is 34.7 Å². The van der Waals surface area contributed by atoms with E-state index in [0.717, 1.165) is 16.5 Å². The molecule has 0 aliphatic rings. The Labute approximate surface area is 92.6 Å². The molecule has 15 heavy (non-hydrogen) atoms. The number of oxime groups is 1. The van der Waals surface area contributed by atoms with Crippen molar-refractivity contribution in [3.8, 4) is 0 Å². The third-order valence-corrected chi connectivity index (χ3v) is 2.73. The van der Waals surface area contributed by atoms with Gasteiger partial charge in [0.25, 0.3) is 0 Å². The fraction of sp³-hybridized carbons (Fsp3) is 0.182. The molecule has 0 unspecified atom stereocenters. The first-order valence-electron chi connectivity index (χ1n) is 4.57. The first kappa shape index (κ1) is 10.1. The van der Waals surface area contributed by atoms with Crippen LogP contribution in [0.2, 0.25) is 5.02 Å². The van der Waals surface area contributed by atoms with E-state index in [2.05, 4.69) is 5.16 Å². The normalized spacial score (nSPS) is 12.3. The summed E-state index contributed by atoms with van der Waals surface area (Å²) < 4.78 is 1.96. The molecule has 1 N–H and O–H groups in total. The van der Waals surface area contributed by atoms with Gasteiger partial charge in [-0.3, -0.25) is 0 Å². The molecular weight excluding hydrogens is 212 g/mol. The van der Waals surface area contributed by atoms with Crippen LogP contribution in [0.4, 0.5) is 0 Å². The number of nitrogens with zero attached hydrogens (tertiary/aromatic N) is 2. The number of aryl methyl sites for hydroxylation is 1. The SMILES string of the molecule is CC(=NO)c1cn(C)c2cc(Cl)ccc12. The van der Waals surface area contributed by atoms with Crippen LogP contribution in [0.15, 0.2) is 29.6 Å². The summed E-state index contributed by atoms with van der Waals surface area (Å²) in [6.07, 6.45) is 1.93. The van der Waals surface area contributed by atoms with E-state index in [1.165, 1.54) is 0 Å². The molecule has 1 aromatic heterocycles. The molecule has 0 aliphatic heterocycles. The Kier molecular flexibility index (Phi) is 2.40. The van der Waals surface area contributed by atoms with Gasteiger partial charge in [-0.2, -0.15) is 0 Å². The summed E-state index contributed by atoms with van der Waals surface area (Å²) in [5, 5.41) is 13.7. The molecule has 4 heteroatoms. The van der Waals surface area contributed by atoms with Crippen LogP contribution < -0.4 is 0 Å². The van der Waals surface area contributed by atoms with Gasteiger partial charge in [-0.25, -0.2) is 0 Å². The summed E-state index contributed by atoms with van der Waals surface area (Å²) in [7, 11) is 1.94. The van der Waals surface area contributed by atoms with Gasteiger partial charge in [-0.15, -0.1) is 0 Å². The summed E-state index contributed by atoms with van der Waals surface area (Å²) >= 11 is 5.92. The summed E-state index contributed by atoms with van der Waals surface area (Å²) in [6.45, 7) is 1.77. The molecule has 78 valence electrons. The van der Waals surface area contributed by atoms with Gasteiger partial charge in [0.1, 0.15) is 0 Å². The molecule has 1 heterocycles. The zero-order chi connectivity index (χ0) is 11.0. The van der Waals surface area contributed by atoms with Gasteiger partial charge in [-0.05, 0) is 19.1 Å². The first-order valence-corrected chi connectivity index (χ1v) is 4.95. The lowest BCUT2D eigenvalue weighted by atomic mass is 10.1. The van der Waals surface area contributed by atoms with E-state index >= 15 is 0 Å². The Balaban J connectivity index is 2.79. The molecular formula is C11H11ClN2O. The summed E-state index contributed by atoms with van der Waals surface area (Å²) in [4.78, 5) is 0. The first-order chi connectivity index (χ1) is 7.13. The van der Waals surface area contributed by atoms with Crippen molar-refractivity contribution >= 4 is 28.2 Å². The molecule has 0 saturated carbocycles. The zero-order valence-corrected chi connectivity index (χ0v) is 9.28. The Morgan fingerprint density at radius 2 is 2.20 bits per heavy atom. The number of benzene rings is 1. The van der Waals surface area contributed by atoms with Crippen LogP contribution >= 0.6 is 11.6 Å². The van der Waals surface area contributed by atoms with Gasteiger partial charge >= 0.3 is 0 Å². The third-order valence-electron chi connectivity index (χ3n) is 2.49. The van der Waals surface area contributed by atoms with E-state index < -0.39 is 0 Å². The maximum atomic E-state index is 8.76. The molecule has 0 spiro atoms. The van der Waals surface area contributed by atoms with E-state index in [-0.39, 0.29) is 0 Å². The highest BCUT2D eigenvalue weighted by Gasteiger charge is 2.09. The van der Waals surface area contributed by atoms with Crippen LogP contribution in [0.3, 0.4) is 0 Å². The van der Waals surface area contributed by atoms with Gasteiger partial charge in [0.2, 0.25) is 0 Å². The fourth-order valence-corrected chi connectivity index (χ4v) is 1.87. The number of fused-ring (bicyclic) bond motifs is 1. The van der Waals surface area contributed by atoms with E-state index in [1.807, 2.05) is 36.0 Å². The molecule has 0 aliphatic carbocycles. The second-order valence-corrected chi connectivity index (χ2v) is 3.94. The lowest BCUT2D eigenvalue weighted by Gasteiger charge is -1.96. The van der Waals surface area contributed by atoms with E-state index in [1.54, 1.807) is 6.92 Å². The maximum Gasteiger partial charge on any atom is 0.0858 e. The number of hydrogen-bond donors (Lipinski definition) is 1. The molecule has 0 amide bonds. The Bertz CT molecular complexity index is 543. The molecule has 1 aromatic carbocycles. The molecule has 0 saturated heterocycles. The Morgan fingerprint density at radius 1 is 1.47 bits per heavy atom. The van der Waals surface area contributed by atoms with Crippen molar-refractivity contribution in [2.45, 2.75) is 6.92 Å². The average Bonchev–Trinajstić information content (AvgIpc) is 2.55. The number of rotatable bonds is 1. The number of hydrogen-bond acceptors (Lipinski definition) is 2. The largest absolute Gasteiger partial charge is 0.411 e. The van der Waals surface area contributed by atoms with Crippen molar-refractivity contribution in [2.24, 2.45) is 12.2 Å². The third kappa shape index (κ3) is 1.59. The van der Waals surface area contributed by atoms with Crippen molar-refractivity contribution in [2.75, 3.05) is 0 Å². The smallest absolute Gasteiger partial charge is 0.0858 e. The zero-order valence-electron chi connectivity index (χ0n) is 8.53. The Hall–Kier alpha value is -1.48.